The highest BCUT2D eigenvalue weighted by Gasteiger charge is 2.46. The molecule has 31 nitrogen and oxygen atoms in total. The van der Waals surface area contributed by atoms with Crippen molar-refractivity contribution in [2.75, 3.05) is 51.3 Å². The van der Waals surface area contributed by atoms with Gasteiger partial charge in [-0.25, -0.2) is 0 Å². The molecule has 534 valence electrons. The van der Waals surface area contributed by atoms with Gasteiger partial charge in [0.2, 0.25) is 76.8 Å². The first kappa shape index (κ1) is 78.8. The Kier molecular flexibility index (Phi) is 32.5. The first-order valence-electron chi connectivity index (χ1n) is 33.2. The second-order valence-corrected chi connectivity index (χ2v) is 26.1. The van der Waals surface area contributed by atoms with Crippen molar-refractivity contribution in [2.45, 2.75) is 189 Å². The van der Waals surface area contributed by atoms with Gasteiger partial charge in [0.15, 0.2) is 5.96 Å². The van der Waals surface area contributed by atoms with Gasteiger partial charge in [-0.1, -0.05) is 74.5 Å². The lowest BCUT2D eigenvalue weighted by Crippen LogP contribution is -2.60. The summed E-state index contributed by atoms with van der Waals surface area (Å²) in [5, 5.41) is 18.8. The molecule has 0 aliphatic carbocycles. The number of aliphatic imine (C=N–C) groups is 1. The van der Waals surface area contributed by atoms with Crippen molar-refractivity contribution in [3.05, 3.63) is 71.8 Å². The molecular formula is C65H100N18O13S. The summed E-state index contributed by atoms with van der Waals surface area (Å²) in [7, 11) is 0. The van der Waals surface area contributed by atoms with Crippen molar-refractivity contribution in [1.82, 2.24) is 51.9 Å². The molecule has 11 atom stereocenters. The van der Waals surface area contributed by atoms with Gasteiger partial charge in [-0.05, 0) is 125 Å². The highest BCUT2D eigenvalue weighted by Crippen LogP contribution is 2.35. The quantitative estimate of drug-likeness (QED) is 0.0179. The Labute approximate surface area is 569 Å². The number of guanidine groups is 1. The Morgan fingerprint density at radius 3 is 1.65 bits per heavy atom. The van der Waals surface area contributed by atoms with E-state index < -0.39 is 175 Å². The van der Waals surface area contributed by atoms with E-state index in [1.165, 1.54) is 26.5 Å². The lowest BCUT2D eigenvalue weighted by Gasteiger charge is -2.32. The van der Waals surface area contributed by atoms with Gasteiger partial charge in [-0.2, -0.15) is 11.8 Å². The van der Waals surface area contributed by atoms with Crippen LogP contribution in [-0.4, -0.2) is 209 Å². The van der Waals surface area contributed by atoms with Crippen LogP contribution in [0.2, 0.25) is 0 Å². The van der Waals surface area contributed by atoms with Gasteiger partial charge in [0.25, 0.3) is 0 Å². The summed E-state index contributed by atoms with van der Waals surface area (Å²) in [6.07, 6.45) is 3.61. The van der Waals surface area contributed by atoms with Gasteiger partial charge >= 0.3 is 0 Å². The third-order valence-electron chi connectivity index (χ3n) is 17.3. The fourth-order valence-corrected chi connectivity index (χ4v) is 12.8. The zero-order chi connectivity index (χ0) is 71.3. The molecule has 3 aliphatic rings. The van der Waals surface area contributed by atoms with E-state index in [4.69, 9.17) is 40.1 Å². The number of rotatable bonds is 40. The number of nitrogens with two attached hydrogens (primary N) is 7. The predicted octanol–water partition coefficient (Wildman–Crippen LogP) is -3.05. The first-order chi connectivity index (χ1) is 46.2. The molecule has 0 spiro atoms. The zero-order valence-electron chi connectivity index (χ0n) is 55.7. The molecule has 0 radical (unpaired) electrons. The van der Waals surface area contributed by atoms with E-state index in [2.05, 4.69) is 42.2 Å². The van der Waals surface area contributed by atoms with Crippen molar-refractivity contribution < 1.29 is 62.3 Å². The number of unbranched alkanes of at least 4 members (excludes halogenated alkanes) is 1. The molecule has 2 aromatic rings. The number of hydrogen-bond acceptors (Lipinski definition) is 17. The number of likely N-dealkylation sites (tertiary alicyclic amines) is 3. The second-order valence-electron chi connectivity index (χ2n) is 25.2. The van der Waals surface area contributed by atoms with E-state index in [1.54, 1.807) is 60.7 Å². The van der Waals surface area contributed by atoms with Crippen LogP contribution in [0, 0.1) is 5.92 Å². The molecule has 2 aromatic carbocycles. The molecule has 5 rings (SSSR count). The molecule has 21 N–H and O–H groups in total. The monoisotopic (exact) mass is 1370 g/mol. The largest absolute Gasteiger partial charge is 0.370 e. The standard InChI is InChI=1S/C65H100N18O13S/c1-38(2)35-47(58(90)76-43(55(70)87)28-34-97-3)75-53(86)37-74-61(93)54-41(40-17-8-5-9-18-40)27-33-83(54)64(96)48(36-39-15-6-4-7-16-39)80-57(89)44(23-25-51(68)84)77-56(88)45(24-26-52(69)85)78-59(91)50-22-14-32-82(50)63(95)46(20-10-11-29-66)79-60(92)49-21-13-31-81(49)62(94)42(67)19-12-30-73-65(71)72/h4-9,15-18,38,41-50,54H,10-14,19-37,66-67H2,1-3H3,(H2,68,84)(H2,69,85)(H2,70,87)(H,74,93)(H,75,86)(H,76,90)(H,77,88)(H,78,91)(H,79,92)(H,80,89)(H4,71,72,73)/t41-,42+,43+,44+,45+,46+,47+,48+,49+,50+,54+/m1/s1. The molecule has 3 aliphatic heterocycles. The van der Waals surface area contributed by atoms with Crippen LogP contribution in [0.4, 0.5) is 0 Å². The number of thioether (sulfide) groups is 1. The second kappa shape index (κ2) is 40.0. The van der Waals surface area contributed by atoms with Crippen molar-refractivity contribution in [2.24, 2.45) is 51.0 Å². The van der Waals surface area contributed by atoms with E-state index in [0.29, 0.717) is 55.4 Å². The van der Waals surface area contributed by atoms with E-state index in [0.717, 1.165) is 0 Å². The molecule has 0 unspecified atom stereocenters. The molecule has 0 saturated carbocycles. The molecule has 13 amide bonds. The normalized spacial score (nSPS) is 18.8. The Morgan fingerprint density at radius 1 is 0.557 bits per heavy atom. The number of hydrogen-bond donors (Lipinski definition) is 14. The Hall–Kier alpha value is -8.91. The summed E-state index contributed by atoms with van der Waals surface area (Å²) in [6.45, 7) is 3.92. The number of nitrogens with one attached hydrogen (secondary N) is 7. The van der Waals surface area contributed by atoms with Crippen LogP contribution in [0.25, 0.3) is 0 Å². The third-order valence-corrected chi connectivity index (χ3v) is 17.9. The van der Waals surface area contributed by atoms with E-state index >= 15 is 4.79 Å². The maximum absolute atomic E-state index is 15.3. The lowest BCUT2D eigenvalue weighted by molar-refractivity contribution is -0.144. The maximum Gasteiger partial charge on any atom is 0.246 e. The third kappa shape index (κ3) is 24.9. The lowest BCUT2D eigenvalue weighted by atomic mass is 9.91. The topological polar surface area (TPSA) is 510 Å². The molecule has 3 saturated heterocycles. The van der Waals surface area contributed by atoms with Crippen LogP contribution in [0.3, 0.4) is 0 Å². The van der Waals surface area contributed by atoms with Crippen LogP contribution in [0.15, 0.2) is 65.7 Å². The fraction of sp³-hybridized carbons (Fsp3) is 0.600. The van der Waals surface area contributed by atoms with Crippen molar-refractivity contribution in [3.63, 3.8) is 0 Å². The van der Waals surface area contributed by atoms with Crippen LogP contribution >= 0.6 is 11.8 Å². The number of primary amides is 3. The van der Waals surface area contributed by atoms with Gasteiger partial charge in [0, 0.05) is 51.4 Å². The van der Waals surface area contributed by atoms with Crippen molar-refractivity contribution in [1.29, 1.82) is 0 Å². The van der Waals surface area contributed by atoms with Crippen LogP contribution in [0.1, 0.15) is 134 Å². The minimum Gasteiger partial charge on any atom is -0.370 e. The van der Waals surface area contributed by atoms with Gasteiger partial charge in [-0.3, -0.25) is 67.3 Å². The maximum atomic E-state index is 15.3. The van der Waals surface area contributed by atoms with Crippen LogP contribution in [0.5, 0.6) is 0 Å². The average Bonchev–Trinajstić information content (AvgIpc) is 1.69. The van der Waals surface area contributed by atoms with Gasteiger partial charge < -0.3 is 92.1 Å². The van der Waals surface area contributed by atoms with Crippen molar-refractivity contribution in [3.8, 4) is 0 Å². The number of carbonyl (C=O) groups excluding carboxylic acids is 13. The average molecular weight is 1370 g/mol. The number of nitrogens with zero attached hydrogens (tertiary/aromatic N) is 4. The number of benzene rings is 2. The van der Waals surface area contributed by atoms with Gasteiger partial charge in [-0.15, -0.1) is 0 Å². The summed E-state index contributed by atoms with van der Waals surface area (Å²) < 4.78 is 0. The van der Waals surface area contributed by atoms with Gasteiger partial charge in [0.1, 0.15) is 54.4 Å². The fourth-order valence-electron chi connectivity index (χ4n) is 12.3. The Morgan fingerprint density at radius 2 is 1.09 bits per heavy atom. The summed E-state index contributed by atoms with van der Waals surface area (Å²) >= 11 is 1.46. The predicted molar refractivity (Wildman–Crippen MR) is 363 cm³/mol. The molecular weight excluding hydrogens is 1270 g/mol. The van der Waals surface area contributed by atoms with E-state index in [-0.39, 0.29) is 89.5 Å². The van der Waals surface area contributed by atoms with Crippen LogP contribution in [-0.2, 0) is 68.7 Å². The SMILES string of the molecule is CSCC[C@H](NC(=O)[C@H](CC(C)C)NC(=O)CNC(=O)[C@@H]1[C@@H](c2ccccc2)CCN1C(=O)[C@H](Cc1ccccc1)NC(=O)[C@H](CCC(N)=O)NC(=O)[C@H](CCC(N)=O)NC(=O)[C@@H]1CCCN1C(=O)[C@H](CCCCN)NC(=O)[C@@H]1CCCN1C(=O)[C@@H](N)CCCN=C(N)N)C(N)=O. The minimum absolute atomic E-state index is 0.00320. The smallest absolute Gasteiger partial charge is 0.246 e. The number of amides is 13. The van der Waals surface area contributed by atoms with Crippen molar-refractivity contribution >= 4 is 94.5 Å². The summed E-state index contributed by atoms with van der Waals surface area (Å²) in [5.41, 5.74) is 40.9. The number of carbonyl (C=O) groups is 13. The van der Waals surface area contributed by atoms with Crippen LogP contribution < -0.4 is 77.4 Å². The molecule has 0 bridgehead atoms. The highest BCUT2D eigenvalue weighted by atomic mass is 32.2. The van der Waals surface area contributed by atoms with E-state index in [1.807, 2.05) is 20.1 Å². The summed E-state index contributed by atoms with van der Waals surface area (Å²) in [5.74, 6) is -10.0. The van der Waals surface area contributed by atoms with Gasteiger partial charge in [0.05, 0.1) is 12.6 Å². The zero-order valence-corrected chi connectivity index (χ0v) is 56.5. The molecule has 3 heterocycles. The van der Waals surface area contributed by atoms with E-state index in [9.17, 15) is 57.5 Å². The Balaban J connectivity index is 1.37. The Bertz CT molecular complexity index is 3070. The molecule has 3 fully saturated rings. The molecule has 0 aromatic heterocycles. The molecule has 97 heavy (non-hydrogen) atoms. The summed E-state index contributed by atoms with van der Waals surface area (Å²) in [6, 6.07) is 5.19. The minimum atomic E-state index is -1.63. The highest BCUT2D eigenvalue weighted by molar-refractivity contribution is 7.98. The summed E-state index contributed by atoms with van der Waals surface area (Å²) in [4.78, 5) is 188. The first-order valence-corrected chi connectivity index (χ1v) is 34.6. The molecule has 32 heteroatoms.